The highest BCUT2D eigenvalue weighted by Gasteiger charge is 2.26. The largest absolute Gasteiger partial charge is 0.455 e. The maximum absolute atomic E-state index is 15.2. The van der Waals surface area contributed by atoms with Crippen molar-refractivity contribution in [1.82, 2.24) is 10.3 Å². The first-order chi connectivity index (χ1) is 20.4. The Balaban J connectivity index is 1.63. The van der Waals surface area contributed by atoms with Crippen molar-refractivity contribution >= 4 is 43.7 Å². The van der Waals surface area contributed by atoms with E-state index in [0.717, 1.165) is 16.1 Å². The molecule has 0 bridgehead atoms. The van der Waals surface area contributed by atoms with Crippen LogP contribution in [0, 0.1) is 18.6 Å². The molecule has 0 fully saturated rings. The van der Waals surface area contributed by atoms with Crippen molar-refractivity contribution in [2.75, 3.05) is 24.7 Å². The molecular formula is C32H25F2N3O5S. The Morgan fingerprint density at radius 3 is 2.28 bits per heavy atom. The van der Waals surface area contributed by atoms with E-state index >= 15 is 4.39 Å². The van der Waals surface area contributed by atoms with Gasteiger partial charge < -0.3 is 14.2 Å². The maximum atomic E-state index is 15.2. The van der Waals surface area contributed by atoms with Crippen molar-refractivity contribution in [3.05, 3.63) is 95.6 Å². The number of sulfonamides is 1. The number of aromatic nitrogens is 1. The van der Waals surface area contributed by atoms with E-state index in [1.54, 1.807) is 18.2 Å². The van der Waals surface area contributed by atoms with Crippen molar-refractivity contribution in [3.8, 4) is 33.9 Å². The Morgan fingerprint density at radius 2 is 1.60 bits per heavy atom. The van der Waals surface area contributed by atoms with Gasteiger partial charge in [-0.15, -0.1) is 0 Å². The molecule has 0 aliphatic carbocycles. The third kappa shape index (κ3) is 5.01. The summed E-state index contributed by atoms with van der Waals surface area (Å²) in [6, 6.07) is 18.2. The molecule has 11 heteroatoms. The minimum atomic E-state index is -3.78. The van der Waals surface area contributed by atoms with Crippen LogP contribution in [-0.2, 0) is 10.0 Å². The quantitative estimate of drug-likeness (QED) is 0.222. The predicted molar refractivity (Wildman–Crippen MR) is 161 cm³/mol. The highest BCUT2D eigenvalue weighted by molar-refractivity contribution is 7.92. The van der Waals surface area contributed by atoms with Crippen molar-refractivity contribution in [1.29, 1.82) is 0 Å². The molecule has 0 saturated carbocycles. The highest BCUT2D eigenvalue weighted by Crippen LogP contribution is 2.42. The number of anilines is 1. The molecule has 218 valence electrons. The van der Waals surface area contributed by atoms with Gasteiger partial charge in [0.05, 0.1) is 17.5 Å². The monoisotopic (exact) mass is 601 g/mol. The molecule has 8 nitrogen and oxygen atoms in total. The van der Waals surface area contributed by atoms with Gasteiger partial charge in [-0.1, -0.05) is 12.1 Å². The summed E-state index contributed by atoms with van der Waals surface area (Å²) in [7, 11) is -0.955. The normalized spacial score (nSPS) is 11.8. The summed E-state index contributed by atoms with van der Waals surface area (Å²) in [6.45, 7) is 1.89. The fourth-order valence-corrected chi connectivity index (χ4v) is 5.54. The lowest BCUT2D eigenvalue weighted by Crippen LogP contribution is -2.25. The minimum absolute atomic E-state index is 0.157. The lowest BCUT2D eigenvalue weighted by Gasteiger charge is -2.21. The number of para-hydroxylation sites is 1. The van der Waals surface area contributed by atoms with Gasteiger partial charge in [-0.2, -0.15) is 0 Å². The zero-order chi connectivity index (χ0) is 30.6. The van der Waals surface area contributed by atoms with E-state index in [0.29, 0.717) is 38.7 Å². The number of halogens is 2. The molecule has 0 aliphatic heterocycles. The molecule has 0 atom stereocenters. The van der Waals surface area contributed by atoms with E-state index in [-0.39, 0.29) is 28.5 Å². The molecule has 0 aliphatic rings. The first kappa shape index (κ1) is 28.1. The van der Waals surface area contributed by atoms with Crippen molar-refractivity contribution in [2.24, 2.45) is 0 Å². The number of fused-ring (bicyclic) bond motifs is 2. The first-order valence-electron chi connectivity index (χ1n) is 13.1. The molecule has 0 saturated heterocycles. The van der Waals surface area contributed by atoms with E-state index < -0.39 is 27.6 Å². The van der Waals surface area contributed by atoms with Crippen LogP contribution < -0.4 is 9.62 Å². The smallest absolute Gasteiger partial charge is 0.255 e. The number of furan rings is 1. The topological polar surface area (TPSA) is 106 Å². The maximum Gasteiger partial charge on any atom is 0.255 e. The predicted octanol–water partition coefficient (Wildman–Crippen LogP) is 6.92. The molecule has 2 heterocycles. The van der Waals surface area contributed by atoms with E-state index in [1.165, 1.54) is 56.6 Å². The van der Waals surface area contributed by atoms with Gasteiger partial charge in [0, 0.05) is 42.2 Å². The molecule has 6 aromatic rings. The van der Waals surface area contributed by atoms with E-state index in [9.17, 15) is 17.6 Å². The molecule has 2 aromatic heterocycles. The Labute approximate surface area is 245 Å². The van der Waals surface area contributed by atoms with Crippen molar-refractivity contribution in [2.45, 2.75) is 6.92 Å². The minimum Gasteiger partial charge on any atom is -0.455 e. The average Bonchev–Trinajstić information content (AvgIpc) is 3.58. The SMILES string of the molecule is CNC(=O)c1c(-c2ccc(F)cc2)oc2cc(N(C)S(C)(=O)=O)c(-c3cc(F)cc(-c4nc5c(C)cccc5o4)c3)cc12. The van der Waals surface area contributed by atoms with Gasteiger partial charge in [0.2, 0.25) is 15.9 Å². The van der Waals surface area contributed by atoms with E-state index in [1.807, 2.05) is 19.1 Å². The van der Waals surface area contributed by atoms with Gasteiger partial charge in [-0.25, -0.2) is 22.2 Å². The molecule has 6 rings (SSSR count). The van der Waals surface area contributed by atoms with Gasteiger partial charge in [-0.3, -0.25) is 9.10 Å². The molecule has 1 amide bonds. The van der Waals surface area contributed by atoms with Crippen molar-refractivity contribution in [3.63, 3.8) is 0 Å². The van der Waals surface area contributed by atoms with Gasteiger partial charge in [0.25, 0.3) is 5.91 Å². The van der Waals surface area contributed by atoms with Crippen LogP contribution in [0.2, 0.25) is 0 Å². The number of oxazole rings is 1. The summed E-state index contributed by atoms with van der Waals surface area (Å²) >= 11 is 0. The summed E-state index contributed by atoms with van der Waals surface area (Å²) in [5.74, 6) is -1.18. The second-order valence-corrected chi connectivity index (χ2v) is 12.2. The third-order valence-corrected chi connectivity index (χ3v) is 8.47. The van der Waals surface area contributed by atoms with Crippen LogP contribution in [-0.4, -0.2) is 39.7 Å². The molecule has 0 radical (unpaired) electrons. The molecule has 1 N–H and O–H groups in total. The summed E-state index contributed by atoms with van der Waals surface area (Å²) in [6.07, 6.45) is 1.04. The van der Waals surface area contributed by atoms with Crippen LogP contribution in [0.3, 0.4) is 0 Å². The van der Waals surface area contributed by atoms with Gasteiger partial charge >= 0.3 is 0 Å². The number of nitrogens with one attached hydrogen (secondary N) is 1. The number of carbonyl (C=O) groups excluding carboxylic acids is 1. The molecule has 0 spiro atoms. The standard InChI is InChI=1S/C32H25F2N3O5S/c1-17-6-5-7-26-29(17)36-32(42-26)20-12-19(13-22(34)14-20)23-15-24-27(16-25(23)37(3)43(4,39)40)41-30(28(24)31(38)35-2)18-8-10-21(33)11-9-18/h5-16H,1-4H3,(H,35,38). The second kappa shape index (κ2) is 10.4. The van der Waals surface area contributed by atoms with Crippen LogP contribution in [0.4, 0.5) is 14.5 Å². The Bertz CT molecular complexity index is 2170. The van der Waals surface area contributed by atoms with Gasteiger partial charge in [0.15, 0.2) is 5.58 Å². The Hall–Kier alpha value is -5.03. The van der Waals surface area contributed by atoms with Crippen LogP contribution in [0.25, 0.3) is 56.0 Å². The summed E-state index contributed by atoms with van der Waals surface area (Å²) < 4.78 is 67.4. The summed E-state index contributed by atoms with van der Waals surface area (Å²) in [5, 5.41) is 2.95. The zero-order valence-electron chi connectivity index (χ0n) is 23.5. The number of nitrogens with zero attached hydrogens (tertiary/aromatic N) is 2. The van der Waals surface area contributed by atoms with E-state index in [2.05, 4.69) is 10.3 Å². The molecule has 4 aromatic carbocycles. The fourth-order valence-electron chi connectivity index (χ4n) is 5.04. The second-order valence-electron chi connectivity index (χ2n) is 10.2. The number of carbonyl (C=O) groups is 1. The number of rotatable bonds is 6. The number of amides is 1. The number of aryl methyl sites for hydroxylation is 1. The highest BCUT2D eigenvalue weighted by atomic mass is 32.2. The lowest BCUT2D eigenvalue weighted by molar-refractivity contribution is 0.0964. The van der Waals surface area contributed by atoms with Crippen molar-refractivity contribution < 1.29 is 30.8 Å². The molecular weight excluding hydrogens is 576 g/mol. The van der Waals surface area contributed by atoms with Crippen LogP contribution >= 0.6 is 0 Å². The Morgan fingerprint density at radius 1 is 0.884 bits per heavy atom. The van der Waals surface area contributed by atoms with Crippen LogP contribution in [0.1, 0.15) is 15.9 Å². The number of hydrogen-bond acceptors (Lipinski definition) is 6. The van der Waals surface area contributed by atoms with Gasteiger partial charge in [0.1, 0.15) is 28.5 Å². The number of hydrogen-bond donors (Lipinski definition) is 1. The number of benzene rings is 4. The molecule has 43 heavy (non-hydrogen) atoms. The fraction of sp³-hybridized carbons (Fsp3) is 0.125. The third-order valence-electron chi connectivity index (χ3n) is 7.28. The van der Waals surface area contributed by atoms with E-state index in [4.69, 9.17) is 8.83 Å². The van der Waals surface area contributed by atoms with Crippen LogP contribution in [0.15, 0.2) is 81.6 Å². The lowest BCUT2D eigenvalue weighted by atomic mass is 9.97. The summed E-state index contributed by atoms with van der Waals surface area (Å²) in [5.41, 5.74) is 4.03. The summed E-state index contributed by atoms with van der Waals surface area (Å²) in [4.78, 5) is 17.7. The van der Waals surface area contributed by atoms with Gasteiger partial charge in [-0.05, 0) is 72.6 Å². The van der Waals surface area contributed by atoms with Crippen LogP contribution in [0.5, 0.6) is 0 Å². The average molecular weight is 602 g/mol. The first-order valence-corrected chi connectivity index (χ1v) is 15.0. The Kier molecular flexibility index (Phi) is 6.77. The molecule has 0 unspecified atom stereocenters. The zero-order valence-corrected chi connectivity index (χ0v) is 24.3.